The van der Waals surface area contributed by atoms with E-state index in [4.69, 9.17) is 14.2 Å². The number of likely N-dealkylation sites (tertiary alicyclic amines) is 1. The van der Waals surface area contributed by atoms with Crippen molar-refractivity contribution < 1.29 is 28.9 Å². The molecule has 2 aliphatic rings. The van der Waals surface area contributed by atoms with Gasteiger partial charge in [-0.25, -0.2) is 0 Å². The number of morpholine rings is 1. The van der Waals surface area contributed by atoms with Crippen LogP contribution in [0.25, 0.3) is 5.76 Å². The lowest BCUT2D eigenvalue weighted by Crippen LogP contribution is -2.42. The van der Waals surface area contributed by atoms with Crippen molar-refractivity contribution in [2.24, 2.45) is 0 Å². The summed E-state index contributed by atoms with van der Waals surface area (Å²) >= 11 is 0. The molecule has 40 heavy (non-hydrogen) atoms. The summed E-state index contributed by atoms with van der Waals surface area (Å²) in [6, 6.07) is 23.3. The molecule has 8 heteroatoms. The molecule has 0 spiro atoms. The summed E-state index contributed by atoms with van der Waals surface area (Å²) in [7, 11) is 0. The lowest BCUT2D eigenvalue weighted by Gasteiger charge is -2.31. The van der Waals surface area contributed by atoms with Crippen molar-refractivity contribution in [1.29, 1.82) is 0 Å². The number of hydrogen-bond donors (Lipinski definition) is 1. The van der Waals surface area contributed by atoms with E-state index in [0.717, 1.165) is 24.2 Å². The normalized spacial score (nSPS) is 19.1. The Hall–Kier alpha value is -4.14. The summed E-state index contributed by atoms with van der Waals surface area (Å²) in [5, 5.41) is 11.4. The van der Waals surface area contributed by atoms with Gasteiger partial charge in [0.2, 0.25) is 0 Å². The van der Waals surface area contributed by atoms with Crippen LogP contribution in [0.2, 0.25) is 0 Å². The Kier molecular flexibility index (Phi) is 8.78. The summed E-state index contributed by atoms with van der Waals surface area (Å²) in [6.07, 6.45) is 0. The molecule has 2 aliphatic heterocycles. The first kappa shape index (κ1) is 27.4. The van der Waals surface area contributed by atoms with Gasteiger partial charge >= 0.3 is 0 Å². The number of Topliss-reactive ketones (excluding diaryl/α,β-unsaturated/α-hetero) is 1. The van der Waals surface area contributed by atoms with E-state index in [0.29, 0.717) is 56.6 Å². The highest BCUT2D eigenvalue weighted by Crippen LogP contribution is 2.40. The summed E-state index contributed by atoms with van der Waals surface area (Å²) in [4.78, 5) is 30.4. The SMILES string of the molecule is CCOc1ccc(C2/C(=C(\O)c3ccc(OCc4ccccc4)cc3)C(=O)C(=O)N2CCN2CCOCC2)cc1. The smallest absolute Gasteiger partial charge is 0.295 e. The summed E-state index contributed by atoms with van der Waals surface area (Å²) in [5.74, 6) is -0.183. The average Bonchev–Trinajstić information content (AvgIpc) is 3.25. The van der Waals surface area contributed by atoms with Crippen LogP contribution in [0.1, 0.15) is 29.7 Å². The first-order valence-electron chi connectivity index (χ1n) is 13.6. The fourth-order valence-corrected chi connectivity index (χ4v) is 5.05. The molecule has 0 saturated carbocycles. The number of benzene rings is 3. The van der Waals surface area contributed by atoms with Gasteiger partial charge in [0.1, 0.15) is 23.9 Å². The second-order valence-electron chi connectivity index (χ2n) is 9.75. The number of rotatable bonds is 10. The molecule has 1 N–H and O–H groups in total. The van der Waals surface area contributed by atoms with Gasteiger partial charge in [-0.1, -0.05) is 42.5 Å². The van der Waals surface area contributed by atoms with Gasteiger partial charge in [-0.15, -0.1) is 0 Å². The van der Waals surface area contributed by atoms with E-state index >= 15 is 0 Å². The molecule has 0 aliphatic carbocycles. The number of aliphatic hydroxyl groups is 1. The van der Waals surface area contributed by atoms with Crippen LogP contribution in [0, 0.1) is 0 Å². The van der Waals surface area contributed by atoms with Gasteiger partial charge < -0.3 is 24.2 Å². The first-order chi connectivity index (χ1) is 19.5. The standard InChI is InChI=1S/C32H34N2O6/c1-2-39-26-12-8-24(9-13-26)29-28(31(36)32(37)34(29)17-16-33-18-20-38-21-19-33)30(35)25-10-14-27(15-11-25)40-22-23-6-4-3-5-7-23/h3-15,29,35H,2,16-22H2,1H3/b30-28+. The summed E-state index contributed by atoms with van der Waals surface area (Å²) in [6.45, 7) is 6.65. The molecular formula is C32H34N2O6. The van der Waals surface area contributed by atoms with Gasteiger partial charge in [0.05, 0.1) is 31.4 Å². The molecule has 3 aromatic carbocycles. The van der Waals surface area contributed by atoms with Gasteiger partial charge in [-0.3, -0.25) is 14.5 Å². The maximum atomic E-state index is 13.4. The van der Waals surface area contributed by atoms with E-state index < -0.39 is 17.7 Å². The Bertz CT molecular complexity index is 1330. The van der Waals surface area contributed by atoms with Crippen LogP contribution in [0.3, 0.4) is 0 Å². The molecule has 1 atom stereocenters. The van der Waals surface area contributed by atoms with Crippen LogP contribution in [-0.2, 0) is 20.9 Å². The number of hydrogen-bond acceptors (Lipinski definition) is 7. The quantitative estimate of drug-likeness (QED) is 0.231. The van der Waals surface area contributed by atoms with Crippen molar-refractivity contribution in [2.45, 2.75) is 19.6 Å². The average molecular weight is 543 g/mol. The molecule has 2 fully saturated rings. The summed E-state index contributed by atoms with van der Waals surface area (Å²) < 4.78 is 16.9. The number of ether oxygens (including phenoxy) is 3. The largest absolute Gasteiger partial charge is 0.507 e. The molecule has 1 amide bonds. The van der Waals surface area contributed by atoms with Crippen molar-refractivity contribution >= 4 is 17.4 Å². The van der Waals surface area contributed by atoms with Crippen LogP contribution >= 0.6 is 0 Å². The van der Waals surface area contributed by atoms with Crippen LogP contribution < -0.4 is 9.47 Å². The molecule has 1 unspecified atom stereocenters. The van der Waals surface area contributed by atoms with E-state index in [1.54, 1.807) is 29.2 Å². The monoisotopic (exact) mass is 542 g/mol. The second-order valence-corrected chi connectivity index (χ2v) is 9.75. The number of ketones is 1. The third-order valence-corrected chi connectivity index (χ3v) is 7.18. The number of nitrogens with zero attached hydrogens (tertiary/aromatic N) is 2. The molecular weight excluding hydrogens is 508 g/mol. The fourth-order valence-electron chi connectivity index (χ4n) is 5.05. The Morgan fingerprint density at radius 1 is 0.875 bits per heavy atom. The third-order valence-electron chi connectivity index (χ3n) is 7.18. The lowest BCUT2D eigenvalue weighted by atomic mass is 9.95. The van der Waals surface area contributed by atoms with E-state index in [-0.39, 0.29) is 11.3 Å². The highest BCUT2D eigenvalue weighted by Gasteiger charge is 2.46. The van der Waals surface area contributed by atoms with Gasteiger partial charge in [0.15, 0.2) is 0 Å². The Labute approximate surface area is 234 Å². The lowest BCUT2D eigenvalue weighted by molar-refractivity contribution is -0.140. The molecule has 5 rings (SSSR count). The molecule has 3 aromatic rings. The van der Waals surface area contributed by atoms with Crippen molar-refractivity contribution in [3.8, 4) is 11.5 Å². The molecule has 208 valence electrons. The van der Waals surface area contributed by atoms with Crippen molar-refractivity contribution in [2.75, 3.05) is 46.0 Å². The van der Waals surface area contributed by atoms with E-state index in [1.165, 1.54) is 0 Å². The molecule has 0 aromatic heterocycles. The Balaban J connectivity index is 1.42. The zero-order valence-electron chi connectivity index (χ0n) is 22.6. The molecule has 8 nitrogen and oxygen atoms in total. The van der Waals surface area contributed by atoms with E-state index in [2.05, 4.69) is 4.90 Å². The number of carbonyl (C=O) groups excluding carboxylic acids is 2. The van der Waals surface area contributed by atoms with Gasteiger partial charge in [0, 0.05) is 31.7 Å². The molecule has 2 heterocycles. The van der Waals surface area contributed by atoms with Crippen LogP contribution in [0.4, 0.5) is 0 Å². The zero-order chi connectivity index (χ0) is 27.9. The fraction of sp³-hybridized carbons (Fsp3) is 0.312. The van der Waals surface area contributed by atoms with Crippen LogP contribution in [0.5, 0.6) is 11.5 Å². The highest BCUT2D eigenvalue weighted by molar-refractivity contribution is 6.46. The second kappa shape index (κ2) is 12.8. The third kappa shape index (κ3) is 6.19. The first-order valence-corrected chi connectivity index (χ1v) is 13.6. The van der Waals surface area contributed by atoms with E-state index in [9.17, 15) is 14.7 Å². The van der Waals surface area contributed by atoms with E-state index in [1.807, 2.05) is 61.5 Å². The predicted molar refractivity (Wildman–Crippen MR) is 151 cm³/mol. The minimum atomic E-state index is -0.717. The van der Waals surface area contributed by atoms with Gasteiger partial charge in [-0.2, -0.15) is 0 Å². The maximum Gasteiger partial charge on any atom is 0.295 e. The Morgan fingerprint density at radius 3 is 2.20 bits per heavy atom. The molecule has 0 radical (unpaired) electrons. The molecule has 2 saturated heterocycles. The number of carbonyl (C=O) groups is 2. The predicted octanol–water partition coefficient (Wildman–Crippen LogP) is 4.42. The maximum absolute atomic E-state index is 13.4. The van der Waals surface area contributed by atoms with Crippen LogP contribution in [-0.4, -0.2) is 72.6 Å². The number of amides is 1. The topological polar surface area (TPSA) is 88.5 Å². The Morgan fingerprint density at radius 2 is 1.52 bits per heavy atom. The van der Waals surface area contributed by atoms with Gasteiger partial charge in [0.25, 0.3) is 11.7 Å². The van der Waals surface area contributed by atoms with Gasteiger partial charge in [-0.05, 0) is 54.4 Å². The summed E-state index contributed by atoms with van der Waals surface area (Å²) in [5.41, 5.74) is 2.29. The van der Waals surface area contributed by atoms with Crippen molar-refractivity contribution in [3.05, 3.63) is 101 Å². The highest BCUT2D eigenvalue weighted by atomic mass is 16.5. The number of aliphatic hydroxyl groups excluding tert-OH is 1. The van der Waals surface area contributed by atoms with Crippen molar-refractivity contribution in [3.63, 3.8) is 0 Å². The minimum absolute atomic E-state index is 0.0779. The minimum Gasteiger partial charge on any atom is -0.507 e. The zero-order valence-corrected chi connectivity index (χ0v) is 22.6. The van der Waals surface area contributed by atoms with Crippen molar-refractivity contribution in [1.82, 2.24) is 9.80 Å². The van der Waals surface area contributed by atoms with Crippen LogP contribution in [0.15, 0.2) is 84.4 Å². The molecule has 0 bridgehead atoms.